The molecular weight excluding hydrogens is 258 g/mol. The Hall–Kier alpha value is -2.07. The Morgan fingerprint density at radius 2 is 1.79 bits per heavy atom. The van der Waals surface area contributed by atoms with Gasteiger partial charge in [-0.25, -0.2) is 0 Å². The van der Waals surface area contributed by atoms with E-state index in [0.29, 0.717) is 16.5 Å². The van der Waals surface area contributed by atoms with Gasteiger partial charge in [-0.2, -0.15) is 0 Å². The molecule has 0 aliphatic carbocycles. The number of nitrogens with zero attached hydrogens (tertiary/aromatic N) is 1. The first-order valence-electron chi connectivity index (χ1n) is 5.94. The molecule has 0 aliphatic heterocycles. The quantitative estimate of drug-likeness (QED) is 0.691. The molecule has 3 rings (SSSR count). The largest absolute Gasteiger partial charge is 0.506 e. The second kappa shape index (κ2) is 4.24. The Morgan fingerprint density at radius 3 is 2.53 bits per heavy atom. The van der Waals surface area contributed by atoms with Crippen LogP contribution in [0.25, 0.3) is 20.2 Å². The van der Waals surface area contributed by atoms with Crippen molar-refractivity contribution >= 4 is 37.2 Å². The van der Waals surface area contributed by atoms with Gasteiger partial charge >= 0.3 is 0 Å². The molecule has 1 aromatic heterocycles. The van der Waals surface area contributed by atoms with Gasteiger partial charge in [0.05, 0.1) is 11.1 Å². The standard InChI is InChI=1S/C15H13NO2S/c1-16(2)14-10(17)7-8-12-13(14)15(18)9-5-3-4-6-11(9)19-12/h3-8,17H,1-2H3. The summed E-state index contributed by atoms with van der Waals surface area (Å²) >= 11 is 1.57. The van der Waals surface area contributed by atoms with Gasteiger partial charge < -0.3 is 10.0 Å². The molecule has 3 aromatic rings. The number of hydrogen-bond acceptors (Lipinski definition) is 4. The average molecular weight is 271 g/mol. The van der Waals surface area contributed by atoms with Crippen LogP contribution in [-0.2, 0) is 0 Å². The first-order valence-corrected chi connectivity index (χ1v) is 6.76. The number of benzene rings is 2. The van der Waals surface area contributed by atoms with Crippen LogP contribution < -0.4 is 10.3 Å². The topological polar surface area (TPSA) is 40.5 Å². The van der Waals surface area contributed by atoms with Crippen LogP contribution in [-0.4, -0.2) is 19.2 Å². The Bertz CT molecular complexity index is 837. The van der Waals surface area contributed by atoms with Gasteiger partial charge in [-0.15, -0.1) is 11.3 Å². The number of phenolic OH excluding ortho intramolecular Hbond substituents is 1. The van der Waals surface area contributed by atoms with Crippen molar-refractivity contribution in [2.75, 3.05) is 19.0 Å². The molecule has 96 valence electrons. The normalized spacial score (nSPS) is 11.1. The molecule has 0 aliphatic rings. The first-order chi connectivity index (χ1) is 9.09. The van der Waals surface area contributed by atoms with E-state index in [-0.39, 0.29) is 11.2 Å². The van der Waals surface area contributed by atoms with Crippen molar-refractivity contribution in [3.05, 3.63) is 46.6 Å². The Labute approximate surface area is 114 Å². The maximum Gasteiger partial charge on any atom is 0.198 e. The highest BCUT2D eigenvalue weighted by atomic mass is 32.1. The molecule has 0 spiro atoms. The van der Waals surface area contributed by atoms with Crippen LogP contribution in [0, 0.1) is 0 Å². The highest BCUT2D eigenvalue weighted by Crippen LogP contribution is 2.36. The lowest BCUT2D eigenvalue weighted by Crippen LogP contribution is -2.13. The van der Waals surface area contributed by atoms with Crippen LogP contribution in [0.5, 0.6) is 5.75 Å². The highest BCUT2D eigenvalue weighted by molar-refractivity contribution is 7.24. The molecular formula is C15H13NO2S. The van der Waals surface area contributed by atoms with Crippen LogP contribution in [0.4, 0.5) is 5.69 Å². The molecule has 4 heteroatoms. The number of aromatic hydroxyl groups is 1. The summed E-state index contributed by atoms with van der Waals surface area (Å²) in [6.07, 6.45) is 0. The molecule has 0 fully saturated rings. The van der Waals surface area contributed by atoms with Gasteiger partial charge in [0, 0.05) is 28.9 Å². The number of rotatable bonds is 1. The van der Waals surface area contributed by atoms with Crippen molar-refractivity contribution in [3.63, 3.8) is 0 Å². The fourth-order valence-electron chi connectivity index (χ4n) is 2.32. The van der Waals surface area contributed by atoms with Crippen molar-refractivity contribution in [2.45, 2.75) is 0 Å². The molecule has 0 unspecified atom stereocenters. The van der Waals surface area contributed by atoms with Crippen LogP contribution in [0.2, 0.25) is 0 Å². The lowest BCUT2D eigenvalue weighted by atomic mass is 10.1. The molecule has 2 aromatic carbocycles. The number of hydrogen-bond donors (Lipinski definition) is 1. The van der Waals surface area contributed by atoms with Crippen molar-refractivity contribution in [2.24, 2.45) is 0 Å². The molecule has 1 heterocycles. The number of anilines is 1. The van der Waals surface area contributed by atoms with E-state index in [2.05, 4.69) is 0 Å². The minimum atomic E-state index is -0.0241. The third kappa shape index (κ3) is 1.76. The van der Waals surface area contributed by atoms with E-state index in [9.17, 15) is 9.90 Å². The van der Waals surface area contributed by atoms with E-state index in [0.717, 1.165) is 9.40 Å². The predicted molar refractivity (Wildman–Crippen MR) is 81.6 cm³/mol. The summed E-state index contributed by atoms with van der Waals surface area (Å²) in [4.78, 5) is 14.4. The number of phenols is 1. The summed E-state index contributed by atoms with van der Waals surface area (Å²) in [5.41, 5.74) is 0.563. The smallest absolute Gasteiger partial charge is 0.198 e. The minimum Gasteiger partial charge on any atom is -0.506 e. The highest BCUT2D eigenvalue weighted by Gasteiger charge is 2.14. The van der Waals surface area contributed by atoms with Gasteiger partial charge in [-0.3, -0.25) is 4.79 Å². The third-order valence-corrected chi connectivity index (χ3v) is 4.28. The van der Waals surface area contributed by atoms with Crippen LogP contribution in [0.15, 0.2) is 41.2 Å². The number of fused-ring (bicyclic) bond motifs is 2. The maximum atomic E-state index is 12.6. The summed E-state index contributed by atoms with van der Waals surface area (Å²) in [7, 11) is 3.65. The molecule has 0 saturated carbocycles. The van der Waals surface area contributed by atoms with Crippen molar-refractivity contribution in [1.82, 2.24) is 0 Å². The molecule has 1 N–H and O–H groups in total. The van der Waals surface area contributed by atoms with E-state index in [4.69, 9.17) is 0 Å². The van der Waals surface area contributed by atoms with Gasteiger partial charge in [0.25, 0.3) is 0 Å². The van der Waals surface area contributed by atoms with Gasteiger partial charge in [0.1, 0.15) is 5.75 Å². The second-order valence-electron chi connectivity index (χ2n) is 4.63. The van der Waals surface area contributed by atoms with Gasteiger partial charge in [0.15, 0.2) is 5.43 Å². The molecule has 0 amide bonds. The summed E-state index contributed by atoms with van der Waals surface area (Å²) in [5, 5.41) is 11.3. The van der Waals surface area contributed by atoms with E-state index in [1.54, 1.807) is 28.4 Å². The average Bonchev–Trinajstić information content (AvgIpc) is 2.39. The van der Waals surface area contributed by atoms with Gasteiger partial charge in [-0.05, 0) is 24.3 Å². The first kappa shape index (κ1) is 12.0. The molecule has 0 atom stereocenters. The second-order valence-corrected chi connectivity index (χ2v) is 5.71. The maximum absolute atomic E-state index is 12.6. The van der Waals surface area contributed by atoms with Gasteiger partial charge in [0.2, 0.25) is 0 Å². The van der Waals surface area contributed by atoms with E-state index < -0.39 is 0 Å². The predicted octanol–water partition coefficient (Wildman–Crippen LogP) is 3.19. The van der Waals surface area contributed by atoms with Crippen LogP contribution in [0.3, 0.4) is 0 Å². The van der Waals surface area contributed by atoms with Crippen molar-refractivity contribution < 1.29 is 5.11 Å². The third-order valence-electron chi connectivity index (χ3n) is 3.14. The molecule has 0 saturated heterocycles. The zero-order valence-electron chi connectivity index (χ0n) is 10.7. The van der Waals surface area contributed by atoms with Crippen molar-refractivity contribution in [1.29, 1.82) is 0 Å². The summed E-state index contributed by atoms with van der Waals surface area (Å²) in [5.74, 6) is 0.136. The fourth-order valence-corrected chi connectivity index (χ4v) is 3.40. The van der Waals surface area contributed by atoms with Crippen LogP contribution >= 0.6 is 11.3 Å². The van der Waals surface area contributed by atoms with Crippen molar-refractivity contribution in [3.8, 4) is 5.75 Å². The minimum absolute atomic E-state index is 0.0241. The summed E-state index contributed by atoms with van der Waals surface area (Å²) in [6, 6.07) is 11.0. The molecule has 19 heavy (non-hydrogen) atoms. The van der Waals surface area contributed by atoms with Gasteiger partial charge in [-0.1, -0.05) is 12.1 Å². The molecule has 3 nitrogen and oxygen atoms in total. The van der Waals surface area contributed by atoms with Crippen LogP contribution in [0.1, 0.15) is 0 Å². The molecule has 0 bridgehead atoms. The van der Waals surface area contributed by atoms with E-state index in [1.807, 2.05) is 38.4 Å². The van der Waals surface area contributed by atoms with E-state index >= 15 is 0 Å². The monoisotopic (exact) mass is 271 g/mol. The SMILES string of the molecule is CN(C)c1c(O)ccc2sc3ccccc3c(=O)c12. The Morgan fingerprint density at radius 1 is 1.05 bits per heavy atom. The lowest BCUT2D eigenvalue weighted by molar-refractivity contribution is 0.476. The lowest BCUT2D eigenvalue weighted by Gasteiger charge is -2.16. The zero-order valence-corrected chi connectivity index (χ0v) is 11.5. The molecule has 0 radical (unpaired) electrons. The Balaban J connectivity index is 2.60. The fraction of sp³-hybridized carbons (Fsp3) is 0.133. The van der Waals surface area contributed by atoms with E-state index in [1.165, 1.54) is 0 Å². The Kier molecular flexibility index (Phi) is 2.68. The summed E-state index contributed by atoms with van der Waals surface area (Å²) < 4.78 is 1.86. The zero-order chi connectivity index (χ0) is 13.6. The summed E-state index contributed by atoms with van der Waals surface area (Å²) in [6.45, 7) is 0.